The van der Waals surface area contributed by atoms with Crippen LogP contribution < -0.4 is 15.4 Å². The first kappa shape index (κ1) is 20.2. The summed E-state index contributed by atoms with van der Waals surface area (Å²) in [4.78, 5) is 17.1. The van der Waals surface area contributed by atoms with Crippen molar-refractivity contribution >= 4 is 11.7 Å². The van der Waals surface area contributed by atoms with E-state index in [1.54, 1.807) is 7.11 Å². The number of ether oxygens (including phenoxy) is 1. The van der Waals surface area contributed by atoms with Crippen LogP contribution in [0.15, 0.2) is 54.6 Å². The lowest BCUT2D eigenvalue weighted by atomic mass is 10.0. The number of benzene rings is 2. The number of methoxy groups -OCH3 is 1. The van der Waals surface area contributed by atoms with E-state index in [1.807, 2.05) is 24.3 Å². The standard InChI is InChI=1S/C22H30N4O2/c1-25-15-16-26(20(17-25)18-9-4-3-5-10-18)14-8-13-23-22(27)24-19-11-6-7-12-21(19)28-2/h3-7,9-12,20H,8,13-17H2,1-2H3,(H2,23,24,27). The number of carbonyl (C=O) groups is 1. The average Bonchev–Trinajstić information content (AvgIpc) is 2.73. The molecule has 150 valence electrons. The van der Waals surface area contributed by atoms with Crippen LogP contribution in [0.3, 0.4) is 0 Å². The molecule has 6 nitrogen and oxygen atoms in total. The molecule has 1 aliphatic rings. The van der Waals surface area contributed by atoms with Crippen molar-refractivity contribution in [2.45, 2.75) is 12.5 Å². The molecular weight excluding hydrogens is 352 g/mol. The lowest BCUT2D eigenvalue weighted by molar-refractivity contribution is 0.0890. The Morgan fingerprint density at radius 2 is 1.86 bits per heavy atom. The number of rotatable bonds is 7. The second-order valence-corrected chi connectivity index (χ2v) is 7.16. The van der Waals surface area contributed by atoms with E-state index in [2.05, 4.69) is 57.8 Å². The van der Waals surface area contributed by atoms with Gasteiger partial charge in [0.05, 0.1) is 12.8 Å². The van der Waals surface area contributed by atoms with E-state index in [4.69, 9.17) is 4.74 Å². The summed E-state index contributed by atoms with van der Waals surface area (Å²) < 4.78 is 5.26. The Morgan fingerprint density at radius 3 is 2.64 bits per heavy atom. The van der Waals surface area contributed by atoms with E-state index in [0.29, 0.717) is 24.0 Å². The van der Waals surface area contributed by atoms with Crippen molar-refractivity contribution in [2.24, 2.45) is 0 Å². The topological polar surface area (TPSA) is 56.8 Å². The quantitative estimate of drug-likeness (QED) is 0.722. The lowest BCUT2D eigenvalue weighted by Gasteiger charge is -2.40. The normalized spacial score (nSPS) is 17.9. The van der Waals surface area contributed by atoms with Gasteiger partial charge < -0.3 is 20.3 Å². The number of hydrogen-bond donors (Lipinski definition) is 2. The van der Waals surface area contributed by atoms with Gasteiger partial charge in [0, 0.05) is 38.8 Å². The molecule has 6 heteroatoms. The second kappa shape index (κ2) is 10.1. The Balaban J connectivity index is 1.46. The van der Waals surface area contributed by atoms with E-state index in [9.17, 15) is 4.79 Å². The summed E-state index contributed by atoms with van der Waals surface area (Å²) in [6.45, 7) is 4.75. The molecule has 1 aliphatic heterocycles. The summed E-state index contributed by atoms with van der Waals surface area (Å²) in [5.74, 6) is 0.654. The monoisotopic (exact) mass is 382 g/mol. The van der Waals surface area contributed by atoms with Gasteiger partial charge >= 0.3 is 6.03 Å². The fourth-order valence-electron chi connectivity index (χ4n) is 3.61. The van der Waals surface area contributed by atoms with Crippen LogP contribution in [0.1, 0.15) is 18.0 Å². The number of urea groups is 1. The first-order chi connectivity index (χ1) is 13.7. The van der Waals surface area contributed by atoms with Gasteiger partial charge in [0.25, 0.3) is 0 Å². The fourth-order valence-corrected chi connectivity index (χ4v) is 3.61. The number of para-hydroxylation sites is 2. The second-order valence-electron chi connectivity index (χ2n) is 7.16. The molecule has 28 heavy (non-hydrogen) atoms. The number of carbonyl (C=O) groups excluding carboxylic acids is 1. The minimum Gasteiger partial charge on any atom is -0.495 e. The van der Waals surface area contributed by atoms with Crippen LogP contribution in [-0.2, 0) is 0 Å². The molecule has 1 atom stereocenters. The summed E-state index contributed by atoms with van der Waals surface area (Å²) in [7, 11) is 3.77. The van der Waals surface area contributed by atoms with Crippen molar-refractivity contribution in [3.8, 4) is 5.75 Å². The maximum Gasteiger partial charge on any atom is 0.319 e. The van der Waals surface area contributed by atoms with Crippen molar-refractivity contribution in [1.82, 2.24) is 15.1 Å². The van der Waals surface area contributed by atoms with Gasteiger partial charge in [0.15, 0.2) is 0 Å². The predicted octanol–water partition coefficient (Wildman–Crippen LogP) is 3.20. The molecule has 1 saturated heterocycles. The van der Waals surface area contributed by atoms with Gasteiger partial charge in [-0.1, -0.05) is 42.5 Å². The third-order valence-electron chi connectivity index (χ3n) is 5.14. The number of piperazine rings is 1. The maximum absolute atomic E-state index is 12.2. The highest BCUT2D eigenvalue weighted by Crippen LogP contribution is 2.25. The molecule has 0 aliphatic carbocycles. The summed E-state index contributed by atoms with van der Waals surface area (Å²) in [6, 6.07) is 18.3. The zero-order chi connectivity index (χ0) is 19.8. The molecule has 0 saturated carbocycles. The molecule has 0 spiro atoms. The van der Waals surface area contributed by atoms with Crippen molar-refractivity contribution in [3.05, 3.63) is 60.2 Å². The first-order valence-corrected chi connectivity index (χ1v) is 9.83. The largest absolute Gasteiger partial charge is 0.495 e. The summed E-state index contributed by atoms with van der Waals surface area (Å²) >= 11 is 0. The van der Waals surface area contributed by atoms with Crippen LogP contribution in [0.25, 0.3) is 0 Å². The van der Waals surface area contributed by atoms with Crippen LogP contribution >= 0.6 is 0 Å². The maximum atomic E-state index is 12.2. The van der Waals surface area contributed by atoms with Gasteiger partial charge in [0.1, 0.15) is 5.75 Å². The Labute approximate surface area is 167 Å². The Hall–Kier alpha value is -2.57. The van der Waals surface area contributed by atoms with Gasteiger partial charge in [-0.3, -0.25) is 4.90 Å². The molecule has 1 heterocycles. The number of nitrogens with zero attached hydrogens (tertiary/aromatic N) is 2. The summed E-state index contributed by atoms with van der Waals surface area (Å²) in [5, 5.41) is 5.79. The number of amides is 2. The smallest absolute Gasteiger partial charge is 0.319 e. The van der Waals surface area contributed by atoms with Crippen molar-refractivity contribution < 1.29 is 9.53 Å². The number of anilines is 1. The Bertz CT molecular complexity index is 753. The van der Waals surface area contributed by atoms with Crippen LogP contribution in [0.2, 0.25) is 0 Å². The number of nitrogens with one attached hydrogen (secondary N) is 2. The van der Waals surface area contributed by atoms with Crippen molar-refractivity contribution in [2.75, 3.05) is 52.2 Å². The van der Waals surface area contributed by atoms with Gasteiger partial charge in [0.2, 0.25) is 0 Å². The van der Waals surface area contributed by atoms with Gasteiger partial charge in [-0.2, -0.15) is 0 Å². The van der Waals surface area contributed by atoms with E-state index >= 15 is 0 Å². The minimum atomic E-state index is -0.206. The van der Waals surface area contributed by atoms with E-state index in [-0.39, 0.29) is 6.03 Å². The highest BCUT2D eigenvalue weighted by atomic mass is 16.5. The van der Waals surface area contributed by atoms with Crippen LogP contribution in [-0.4, -0.2) is 62.7 Å². The summed E-state index contributed by atoms with van der Waals surface area (Å²) in [5.41, 5.74) is 2.03. The lowest BCUT2D eigenvalue weighted by Crippen LogP contribution is -2.47. The van der Waals surface area contributed by atoms with Crippen molar-refractivity contribution in [3.63, 3.8) is 0 Å². The van der Waals surface area contributed by atoms with Crippen LogP contribution in [0.5, 0.6) is 5.75 Å². The molecule has 2 aromatic carbocycles. The molecule has 1 fully saturated rings. The highest BCUT2D eigenvalue weighted by molar-refractivity contribution is 5.90. The SMILES string of the molecule is COc1ccccc1NC(=O)NCCCN1CCN(C)CC1c1ccccc1. The third-order valence-corrected chi connectivity index (χ3v) is 5.14. The van der Waals surface area contributed by atoms with E-state index in [0.717, 1.165) is 32.6 Å². The Kier molecular flexibility index (Phi) is 7.28. The van der Waals surface area contributed by atoms with E-state index in [1.165, 1.54) is 5.56 Å². The van der Waals surface area contributed by atoms with Gasteiger partial charge in [-0.15, -0.1) is 0 Å². The van der Waals surface area contributed by atoms with Crippen LogP contribution in [0, 0.1) is 0 Å². The Morgan fingerprint density at radius 1 is 1.11 bits per heavy atom. The first-order valence-electron chi connectivity index (χ1n) is 9.83. The average molecular weight is 383 g/mol. The number of likely N-dealkylation sites (N-methyl/N-ethyl adjacent to an activating group) is 1. The minimum absolute atomic E-state index is 0.206. The predicted molar refractivity (Wildman–Crippen MR) is 113 cm³/mol. The molecule has 0 bridgehead atoms. The zero-order valence-corrected chi connectivity index (χ0v) is 16.7. The summed E-state index contributed by atoms with van der Waals surface area (Å²) in [6.07, 6.45) is 0.909. The molecule has 0 radical (unpaired) electrons. The van der Waals surface area contributed by atoms with Crippen molar-refractivity contribution in [1.29, 1.82) is 0 Å². The molecular formula is C22H30N4O2. The molecule has 0 aromatic heterocycles. The molecule has 2 amide bonds. The number of hydrogen-bond acceptors (Lipinski definition) is 4. The van der Waals surface area contributed by atoms with E-state index < -0.39 is 0 Å². The van der Waals surface area contributed by atoms with Crippen LogP contribution in [0.4, 0.5) is 10.5 Å². The molecule has 3 rings (SSSR count). The fraction of sp³-hybridized carbons (Fsp3) is 0.409. The highest BCUT2D eigenvalue weighted by Gasteiger charge is 2.25. The molecule has 2 N–H and O–H groups in total. The third kappa shape index (κ3) is 5.47. The van der Waals surface area contributed by atoms with Gasteiger partial charge in [-0.05, 0) is 31.2 Å². The molecule has 2 aromatic rings. The van der Waals surface area contributed by atoms with Gasteiger partial charge in [-0.25, -0.2) is 4.79 Å². The zero-order valence-electron chi connectivity index (χ0n) is 16.7. The molecule has 1 unspecified atom stereocenters.